The van der Waals surface area contributed by atoms with Crippen molar-refractivity contribution >= 4 is 88.4 Å². The van der Waals surface area contributed by atoms with Crippen molar-refractivity contribution in [1.29, 1.82) is 0 Å². The Hall–Kier alpha value is -1.62. The van der Waals surface area contributed by atoms with Crippen molar-refractivity contribution in [3.8, 4) is 0 Å². The molecule has 2 aromatic carbocycles. The molecule has 2 aromatic heterocycles. The fraction of sp³-hybridized carbons (Fsp3) is 0.125. The van der Waals surface area contributed by atoms with Crippen LogP contribution in [-0.4, -0.2) is 63.9 Å². The topological polar surface area (TPSA) is 72.4 Å². The van der Waals surface area contributed by atoms with Crippen LogP contribution in [0.25, 0.3) is 21.8 Å². The summed E-state index contributed by atoms with van der Waals surface area (Å²) >= 11 is 6.59. The van der Waals surface area contributed by atoms with E-state index in [0.29, 0.717) is 20.3 Å². The summed E-state index contributed by atoms with van der Waals surface area (Å²) in [6.45, 7) is 1.56. The normalized spacial score (nSPS) is 9.56. The molecule has 4 aromatic rings. The molecule has 1 amide bonds. The van der Waals surface area contributed by atoms with Crippen LogP contribution in [0.15, 0.2) is 69.9 Å². The van der Waals surface area contributed by atoms with Crippen LogP contribution < -0.4 is 12.4 Å². The number of hydrogen-bond donors (Lipinski definition) is 0. The molecule has 0 aliphatic carbocycles. The summed E-state index contributed by atoms with van der Waals surface area (Å²) < 4.78 is 1.32. The monoisotopic (exact) mass is 617 g/mol. The summed E-state index contributed by atoms with van der Waals surface area (Å²) in [4.78, 5) is 37.0. The van der Waals surface area contributed by atoms with E-state index >= 15 is 0 Å². The van der Waals surface area contributed by atoms with Gasteiger partial charge in [0.05, 0.1) is 23.7 Å². The number of pyridine rings is 2. The van der Waals surface area contributed by atoms with Crippen molar-refractivity contribution in [1.82, 2.24) is 15.0 Å². The number of Topliss-reactive ketones (excluding diaryl/α,β-unsaturated/α-hetero) is 1. The molecule has 0 aliphatic rings. The van der Waals surface area contributed by atoms with Crippen molar-refractivity contribution in [2.45, 2.75) is 6.92 Å². The summed E-state index contributed by atoms with van der Waals surface area (Å²) in [6, 6.07) is 18.6. The fourth-order valence-electron chi connectivity index (χ4n) is 3.01. The Kier molecular flexibility index (Phi) is 14.0. The number of hydroxylamine groups is 2. The predicted octanol–water partition coefficient (Wildman–Crippen LogP) is 2.90. The fourth-order valence-corrected chi connectivity index (χ4v) is 3.85. The first-order valence-corrected chi connectivity index (χ1v) is 10.8. The summed E-state index contributed by atoms with van der Waals surface area (Å²) in [5.41, 5.74) is 2.89. The standard InChI is InChI=1S/C12H11BrN2O2.C11H8BrNO.CH3.ClH.Mg/c1-15(17-2)12(16)9-7-11(13)14-10-6-4-3-5-8(9)10;1-7(14)9-6-11(12)13-10-5-3-2-4-8(9)10;;;/h3-7H,1-2H3;2-6H,1H3;1H3;1H;/q;;-1;;+2/p-1. The van der Waals surface area contributed by atoms with Gasteiger partial charge in [-0.2, -0.15) is 0 Å². The van der Waals surface area contributed by atoms with E-state index in [0.717, 1.165) is 21.8 Å². The van der Waals surface area contributed by atoms with Crippen LogP contribution in [0.5, 0.6) is 0 Å². The zero-order chi connectivity index (χ0) is 22.5. The van der Waals surface area contributed by atoms with Crippen LogP contribution in [0.2, 0.25) is 0 Å². The number of aromatic nitrogens is 2. The number of carbonyl (C=O) groups excluding carboxylic acids is 2. The third-order valence-electron chi connectivity index (χ3n) is 4.54. The van der Waals surface area contributed by atoms with Gasteiger partial charge in [-0.3, -0.25) is 14.4 Å². The smallest absolute Gasteiger partial charge is 1.00 e. The zero-order valence-corrected chi connectivity index (χ0v) is 24.5. The van der Waals surface area contributed by atoms with Gasteiger partial charge in [-0.05, 0) is 63.0 Å². The molecule has 2 heterocycles. The number of para-hydroxylation sites is 2. The second kappa shape index (κ2) is 14.7. The number of benzene rings is 2. The van der Waals surface area contributed by atoms with E-state index in [1.807, 2.05) is 48.5 Å². The second-order valence-electron chi connectivity index (χ2n) is 6.56. The molecule has 34 heavy (non-hydrogen) atoms. The summed E-state index contributed by atoms with van der Waals surface area (Å²) in [5, 5.41) is 2.90. The molecule has 174 valence electrons. The molecular formula is C24H22Br2ClMgN3O3. The Morgan fingerprint density at radius 1 is 0.853 bits per heavy atom. The van der Waals surface area contributed by atoms with Gasteiger partial charge in [-0.25, -0.2) is 15.0 Å². The van der Waals surface area contributed by atoms with E-state index in [1.165, 1.54) is 12.2 Å². The summed E-state index contributed by atoms with van der Waals surface area (Å²) in [7, 11) is 3.03. The first-order chi connectivity index (χ1) is 14.8. The van der Waals surface area contributed by atoms with Crippen molar-refractivity contribution < 1.29 is 26.8 Å². The molecule has 0 spiro atoms. The third kappa shape index (κ3) is 7.69. The molecule has 6 nitrogen and oxygen atoms in total. The molecule has 0 saturated heterocycles. The van der Waals surface area contributed by atoms with Crippen LogP contribution in [0.3, 0.4) is 0 Å². The number of nitrogens with zero attached hydrogens (tertiary/aromatic N) is 3. The van der Waals surface area contributed by atoms with Crippen molar-refractivity contribution in [3.63, 3.8) is 0 Å². The number of amides is 1. The molecule has 0 unspecified atom stereocenters. The summed E-state index contributed by atoms with van der Waals surface area (Å²) in [5.74, 6) is -0.142. The quantitative estimate of drug-likeness (QED) is 0.116. The minimum Gasteiger partial charge on any atom is -1.00 e. The Morgan fingerprint density at radius 3 is 1.71 bits per heavy atom. The number of halogens is 3. The molecule has 0 aliphatic heterocycles. The molecule has 0 bridgehead atoms. The van der Waals surface area contributed by atoms with Crippen molar-refractivity contribution in [2.24, 2.45) is 0 Å². The number of hydrogen-bond acceptors (Lipinski definition) is 5. The number of carbonyl (C=O) groups is 2. The average Bonchev–Trinajstić information content (AvgIpc) is 2.77. The van der Waals surface area contributed by atoms with E-state index in [4.69, 9.17) is 4.84 Å². The zero-order valence-electron chi connectivity index (χ0n) is 19.2. The molecule has 0 fully saturated rings. The largest absolute Gasteiger partial charge is 2.00 e. The van der Waals surface area contributed by atoms with Gasteiger partial charge < -0.3 is 19.8 Å². The van der Waals surface area contributed by atoms with Gasteiger partial charge in [-0.15, -0.1) is 0 Å². The van der Waals surface area contributed by atoms with Crippen LogP contribution in [0.1, 0.15) is 27.6 Å². The summed E-state index contributed by atoms with van der Waals surface area (Å²) in [6.07, 6.45) is 0. The third-order valence-corrected chi connectivity index (χ3v) is 5.35. The molecule has 0 atom stereocenters. The Labute approximate surface area is 238 Å². The molecule has 0 radical (unpaired) electrons. The van der Waals surface area contributed by atoms with Gasteiger partial charge in [-0.1, -0.05) is 36.4 Å². The van der Waals surface area contributed by atoms with Gasteiger partial charge in [0.25, 0.3) is 5.91 Å². The van der Waals surface area contributed by atoms with E-state index < -0.39 is 0 Å². The minimum absolute atomic E-state index is 0. The van der Waals surface area contributed by atoms with E-state index in [-0.39, 0.29) is 54.6 Å². The van der Waals surface area contributed by atoms with Crippen LogP contribution in [0, 0.1) is 7.43 Å². The van der Waals surface area contributed by atoms with Gasteiger partial charge in [0, 0.05) is 23.4 Å². The Balaban J connectivity index is 0.000000597. The maximum absolute atomic E-state index is 12.1. The number of ketones is 1. The van der Waals surface area contributed by atoms with Gasteiger partial charge in [0.1, 0.15) is 9.21 Å². The molecule has 4 rings (SSSR count). The SMILES string of the molecule is CC(=O)c1cc(Br)nc2ccccc12.CON(C)C(=O)c1cc(Br)nc2ccccc12.[CH3-].[Cl-].[Mg+2]. The minimum atomic E-state index is -0.202. The van der Waals surface area contributed by atoms with Crippen molar-refractivity contribution in [2.75, 3.05) is 14.2 Å². The Bertz CT molecular complexity index is 1290. The first-order valence-electron chi connectivity index (χ1n) is 9.25. The number of rotatable bonds is 3. The van der Waals surface area contributed by atoms with Crippen LogP contribution in [0.4, 0.5) is 0 Å². The molecule has 0 saturated carbocycles. The van der Waals surface area contributed by atoms with E-state index in [9.17, 15) is 9.59 Å². The maximum Gasteiger partial charge on any atom is 2.00 e. The van der Waals surface area contributed by atoms with Crippen LogP contribution >= 0.6 is 31.9 Å². The Morgan fingerprint density at radius 2 is 1.26 bits per heavy atom. The van der Waals surface area contributed by atoms with Gasteiger partial charge in [0.2, 0.25) is 0 Å². The second-order valence-corrected chi connectivity index (χ2v) is 8.19. The molecule has 10 heteroatoms. The van der Waals surface area contributed by atoms with E-state index in [1.54, 1.807) is 26.1 Å². The number of fused-ring (bicyclic) bond motifs is 2. The average molecular weight is 620 g/mol. The van der Waals surface area contributed by atoms with Gasteiger partial charge >= 0.3 is 23.1 Å². The van der Waals surface area contributed by atoms with Gasteiger partial charge in [0.15, 0.2) is 5.78 Å². The molecular weight excluding hydrogens is 598 g/mol. The predicted molar refractivity (Wildman–Crippen MR) is 140 cm³/mol. The van der Waals surface area contributed by atoms with E-state index in [2.05, 4.69) is 41.8 Å². The van der Waals surface area contributed by atoms with Crippen LogP contribution in [-0.2, 0) is 4.84 Å². The molecule has 0 N–H and O–H groups in total. The maximum atomic E-state index is 12.1. The first kappa shape index (κ1) is 32.4. The van der Waals surface area contributed by atoms with Crippen molar-refractivity contribution in [3.05, 3.63) is 88.4 Å².